The highest BCUT2D eigenvalue weighted by atomic mass is 16.5. The fourth-order valence-electron chi connectivity index (χ4n) is 1.11. The van der Waals surface area contributed by atoms with Crippen LogP contribution in [-0.4, -0.2) is 49.2 Å². The Morgan fingerprint density at radius 2 is 2.00 bits per heavy atom. The van der Waals surface area contributed by atoms with E-state index in [1.165, 1.54) is 14.0 Å². The van der Waals surface area contributed by atoms with Crippen molar-refractivity contribution in [3.05, 3.63) is 0 Å². The molecule has 1 unspecified atom stereocenters. The maximum Gasteiger partial charge on any atom is 0.326 e. The third-order valence-corrected chi connectivity index (χ3v) is 1.97. The first kappa shape index (κ1) is 15.4. The summed E-state index contributed by atoms with van der Waals surface area (Å²) in [6.07, 6.45) is 0.258. The summed E-state index contributed by atoms with van der Waals surface area (Å²) in [6.45, 7) is 1.79. The number of nitrogens with one attached hydrogen (secondary N) is 2. The first-order valence-electron chi connectivity index (χ1n) is 5.23. The van der Waals surface area contributed by atoms with Crippen LogP contribution in [0.2, 0.25) is 0 Å². The largest absolute Gasteiger partial charge is 0.480 e. The van der Waals surface area contributed by atoms with Crippen molar-refractivity contribution in [3.63, 3.8) is 0 Å². The number of carbonyl (C=O) groups excluding carboxylic acids is 2. The van der Waals surface area contributed by atoms with Crippen LogP contribution in [0.25, 0.3) is 0 Å². The topological polar surface area (TPSA) is 105 Å². The lowest BCUT2D eigenvalue weighted by atomic mass is 10.2. The Balaban J connectivity index is 3.95. The molecule has 7 nitrogen and oxygen atoms in total. The van der Waals surface area contributed by atoms with Gasteiger partial charge in [0.05, 0.1) is 0 Å². The maximum atomic E-state index is 11.3. The number of hydrogen-bond acceptors (Lipinski definition) is 4. The zero-order valence-electron chi connectivity index (χ0n) is 9.99. The van der Waals surface area contributed by atoms with Crippen molar-refractivity contribution >= 4 is 17.8 Å². The molecule has 0 aliphatic carbocycles. The van der Waals surface area contributed by atoms with Gasteiger partial charge in [0, 0.05) is 40.0 Å². The molecule has 0 aliphatic heterocycles. The summed E-state index contributed by atoms with van der Waals surface area (Å²) < 4.78 is 4.75. The van der Waals surface area contributed by atoms with Crippen molar-refractivity contribution in [2.75, 3.05) is 20.3 Å². The minimum atomic E-state index is -1.10. The van der Waals surface area contributed by atoms with Gasteiger partial charge in [-0.3, -0.25) is 9.59 Å². The molecule has 0 bridgehead atoms. The Hall–Kier alpha value is -1.63. The van der Waals surface area contributed by atoms with E-state index in [2.05, 4.69) is 10.6 Å². The van der Waals surface area contributed by atoms with E-state index in [9.17, 15) is 14.4 Å². The number of carboxylic acid groups (broad SMARTS) is 1. The number of rotatable bonds is 8. The van der Waals surface area contributed by atoms with Crippen molar-refractivity contribution in [2.45, 2.75) is 25.8 Å². The first-order valence-corrected chi connectivity index (χ1v) is 5.23. The molecule has 0 radical (unpaired) electrons. The van der Waals surface area contributed by atoms with Gasteiger partial charge in [0.1, 0.15) is 6.04 Å². The third-order valence-electron chi connectivity index (χ3n) is 1.97. The maximum absolute atomic E-state index is 11.3. The van der Waals surface area contributed by atoms with Gasteiger partial charge in [0.25, 0.3) is 0 Å². The molecule has 98 valence electrons. The van der Waals surface area contributed by atoms with E-state index >= 15 is 0 Å². The molecular formula is C10H18N2O5. The number of aliphatic carboxylic acids is 1. The van der Waals surface area contributed by atoms with Crippen LogP contribution in [-0.2, 0) is 19.1 Å². The van der Waals surface area contributed by atoms with Gasteiger partial charge in [-0.15, -0.1) is 0 Å². The molecule has 3 N–H and O–H groups in total. The molecule has 0 fully saturated rings. The molecule has 0 saturated heterocycles. The molecule has 0 heterocycles. The Morgan fingerprint density at radius 3 is 2.47 bits per heavy atom. The van der Waals surface area contributed by atoms with Gasteiger partial charge >= 0.3 is 5.97 Å². The van der Waals surface area contributed by atoms with Gasteiger partial charge in [-0.05, 0) is 0 Å². The van der Waals surface area contributed by atoms with Crippen LogP contribution in [0.3, 0.4) is 0 Å². The van der Waals surface area contributed by atoms with Crippen LogP contribution in [0.1, 0.15) is 19.8 Å². The van der Waals surface area contributed by atoms with Crippen LogP contribution < -0.4 is 10.6 Å². The standard InChI is InChI=1S/C10H18N2O5/c1-7(13)11-5-3-9(14)12-8(10(15)16)4-6-17-2/h8H,3-6H2,1-2H3,(H,11,13)(H,12,14)(H,15,16). The third kappa shape index (κ3) is 8.21. The number of methoxy groups -OCH3 is 1. The fraction of sp³-hybridized carbons (Fsp3) is 0.700. The highest BCUT2D eigenvalue weighted by molar-refractivity contribution is 5.84. The minimum absolute atomic E-state index is 0.0519. The summed E-state index contributed by atoms with van der Waals surface area (Å²) in [4.78, 5) is 32.7. The SMILES string of the molecule is COCCC(NC(=O)CCNC(C)=O)C(=O)O. The average Bonchev–Trinajstić information content (AvgIpc) is 2.23. The monoisotopic (exact) mass is 246 g/mol. The molecule has 17 heavy (non-hydrogen) atoms. The molecule has 0 saturated carbocycles. The molecular weight excluding hydrogens is 228 g/mol. The van der Waals surface area contributed by atoms with E-state index in [0.717, 1.165) is 0 Å². The number of carboxylic acids is 1. The van der Waals surface area contributed by atoms with E-state index in [0.29, 0.717) is 0 Å². The van der Waals surface area contributed by atoms with Crippen molar-refractivity contribution in [1.82, 2.24) is 10.6 Å². The lowest BCUT2D eigenvalue weighted by Crippen LogP contribution is -2.42. The van der Waals surface area contributed by atoms with Crippen molar-refractivity contribution in [2.24, 2.45) is 0 Å². The second-order valence-corrected chi connectivity index (χ2v) is 3.47. The molecule has 0 aliphatic rings. The molecule has 0 rings (SSSR count). The van der Waals surface area contributed by atoms with Crippen LogP contribution in [0, 0.1) is 0 Å². The predicted molar refractivity (Wildman–Crippen MR) is 59.4 cm³/mol. The minimum Gasteiger partial charge on any atom is -0.480 e. The fourth-order valence-corrected chi connectivity index (χ4v) is 1.11. The predicted octanol–water partition coefficient (Wildman–Crippen LogP) is -0.881. The van der Waals surface area contributed by atoms with Crippen LogP contribution in [0.5, 0.6) is 0 Å². The number of hydrogen-bond donors (Lipinski definition) is 3. The second-order valence-electron chi connectivity index (χ2n) is 3.47. The highest BCUT2D eigenvalue weighted by Gasteiger charge is 2.19. The van der Waals surface area contributed by atoms with E-state index in [4.69, 9.17) is 9.84 Å². The number of ether oxygens (including phenoxy) is 1. The Kier molecular flexibility index (Phi) is 7.70. The van der Waals surface area contributed by atoms with Crippen molar-refractivity contribution in [1.29, 1.82) is 0 Å². The molecule has 1 atom stereocenters. The quantitative estimate of drug-likeness (QED) is 0.516. The van der Waals surface area contributed by atoms with Gasteiger partial charge in [0.15, 0.2) is 0 Å². The number of carbonyl (C=O) groups is 3. The van der Waals surface area contributed by atoms with Gasteiger partial charge in [0.2, 0.25) is 11.8 Å². The first-order chi connectivity index (χ1) is 7.97. The van der Waals surface area contributed by atoms with Crippen LogP contribution in [0.4, 0.5) is 0 Å². The molecule has 0 spiro atoms. The van der Waals surface area contributed by atoms with Crippen molar-refractivity contribution in [3.8, 4) is 0 Å². The van der Waals surface area contributed by atoms with E-state index in [1.807, 2.05) is 0 Å². The van der Waals surface area contributed by atoms with Gasteiger partial charge in [-0.1, -0.05) is 0 Å². The summed E-state index contributed by atoms with van der Waals surface area (Å²) in [7, 11) is 1.46. The normalized spacial score (nSPS) is 11.6. The summed E-state index contributed by atoms with van der Waals surface area (Å²) in [6, 6.07) is -0.959. The van der Waals surface area contributed by atoms with E-state index in [1.54, 1.807) is 0 Å². The zero-order chi connectivity index (χ0) is 13.3. The summed E-state index contributed by atoms with van der Waals surface area (Å²) in [5.41, 5.74) is 0. The number of amides is 2. The molecule has 0 aromatic heterocycles. The molecule has 0 aromatic carbocycles. The summed E-state index contributed by atoms with van der Waals surface area (Å²) in [5, 5.41) is 13.6. The van der Waals surface area contributed by atoms with Crippen molar-refractivity contribution < 1.29 is 24.2 Å². The van der Waals surface area contributed by atoms with E-state index in [-0.39, 0.29) is 31.9 Å². The van der Waals surface area contributed by atoms with Crippen LogP contribution in [0.15, 0.2) is 0 Å². The van der Waals surface area contributed by atoms with Gasteiger partial charge < -0.3 is 20.5 Å². The molecule has 2 amide bonds. The van der Waals surface area contributed by atoms with Gasteiger partial charge in [-0.2, -0.15) is 0 Å². The Morgan fingerprint density at radius 1 is 1.35 bits per heavy atom. The summed E-state index contributed by atoms with van der Waals surface area (Å²) in [5.74, 6) is -1.75. The lowest BCUT2D eigenvalue weighted by molar-refractivity contribution is -0.142. The average molecular weight is 246 g/mol. The summed E-state index contributed by atoms with van der Waals surface area (Å²) >= 11 is 0. The Labute approximate surface area is 99.5 Å². The highest BCUT2D eigenvalue weighted by Crippen LogP contribution is 1.94. The smallest absolute Gasteiger partial charge is 0.326 e. The van der Waals surface area contributed by atoms with Crippen LogP contribution >= 0.6 is 0 Å². The second kappa shape index (κ2) is 8.51. The zero-order valence-corrected chi connectivity index (χ0v) is 9.99. The molecule has 0 aromatic rings. The Bertz CT molecular complexity index is 280. The lowest BCUT2D eigenvalue weighted by Gasteiger charge is -2.13. The van der Waals surface area contributed by atoms with Gasteiger partial charge in [-0.25, -0.2) is 4.79 Å². The molecule has 7 heteroatoms. The van der Waals surface area contributed by atoms with E-state index < -0.39 is 17.9 Å².